The van der Waals surface area contributed by atoms with Gasteiger partial charge in [-0.1, -0.05) is 0 Å². The van der Waals surface area contributed by atoms with Crippen molar-refractivity contribution in [3.63, 3.8) is 0 Å². The summed E-state index contributed by atoms with van der Waals surface area (Å²) in [5.74, 6) is 0.407. The van der Waals surface area contributed by atoms with Crippen LogP contribution in [0.2, 0.25) is 0 Å². The molecule has 0 aromatic heterocycles. The summed E-state index contributed by atoms with van der Waals surface area (Å²) in [4.78, 5) is 14.9. The molecule has 2 heterocycles. The Morgan fingerprint density at radius 1 is 1.50 bits per heavy atom. The third kappa shape index (κ3) is 1.87. The first-order valence-electron chi connectivity index (χ1n) is 4.89. The SMILES string of the molecule is O=C(O)C1CN=C(C2CCOCC2)N1. The lowest BCUT2D eigenvalue weighted by Gasteiger charge is -2.22. The van der Waals surface area contributed by atoms with E-state index in [0.29, 0.717) is 12.5 Å². The van der Waals surface area contributed by atoms with Crippen molar-refractivity contribution < 1.29 is 14.6 Å². The Morgan fingerprint density at radius 2 is 2.21 bits per heavy atom. The molecule has 1 fully saturated rings. The van der Waals surface area contributed by atoms with Crippen LogP contribution in [0.5, 0.6) is 0 Å². The third-order valence-corrected chi connectivity index (χ3v) is 2.67. The molecule has 2 aliphatic heterocycles. The molecule has 14 heavy (non-hydrogen) atoms. The molecule has 0 saturated carbocycles. The molecule has 1 atom stereocenters. The molecule has 0 bridgehead atoms. The standard InChI is InChI=1S/C9H14N2O3/c12-9(13)7-5-10-8(11-7)6-1-3-14-4-2-6/h6-7H,1-5H2,(H,10,11)(H,12,13). The highest BCUT2D eigenvalue weighted by atomic mass is 16.5. The number of ether oxygens (including phenoxy) is 1. The maximum absolute atomic E-state index is 10.7. The van der Waals surface area contributed by atoms with Gasteiger partial charge in [-0.15, -0.1) is 0 Å². The highest BCUT2D eigenvalue weighted by molar-refractivity contribution is 5.91. The van der Waals surface area contributed by atoms with Crippen LogP contribution in [0.3, 0.4) is 0 Å². The van der Waals surface area contributed by atoms with Crippen molar-refractivity contribution in [1.29, 1.82) is 0 Å². The molecule has 0 radical (unpaired) electrons. The minimum Gasteiger partial charge on any atom is -0.480 e. The van der Waals surface area contributed by atoms with Gasteiger partial charge in [0.25, 0.3) is 0 Å². The summed E-state index contributed by atoms with van der Waals surface area (Å²) in [6.07, 6.45) is 1.89. The Bertz CT molecular complexity index is 259. The van der Waals surface area contributed by atoms with Gasteiger partial charge < -0.3 is 15.2 Å². The van der Waals surface area contributed by atoms with Crippen LogP contribution in [-0.4, -0.2) is 42.7 Å². The van der Waals surface area contributed by atoms with Crippen molar-refractivity contribution in [2.75, 3.05) is 19.8 Å². The van der Waals surface area contributed by atoms with Crippen molar-refractivity contribution in [2.45, 2.75) is 18.9 Å². The number of carbonyl (C=O) groups is 1. The highest BCUT2D eigenvalue weighted by Gasteiger charge is 2.29. The smallest absolute Gasteiger partial charge is 0.328 e. The van der Waals surface area contributed by atoms with Crippen LogP contribution in [0.25, 0.3) is 0 Å². The van der Waals surface area contributed by atoms with Crippen molar-refractivity contribution in [1.82, 2.24) is 5.32 Å². The fourth-order valence-corrected chi connectivity index (χ4v) is 1.82. The molecule has 78 valence electrons. The number of rotatable bonds is 2. The lowest BCUT2D eigenvalue weighted by molar-refractivity contribution is -0.138. The van der Waals surface area contributed by atoms with Crippen LogP contribution in [0.4, 0.5) is 0 Å². The minimum absolute atomic E-state index is 0.363. The Kier molecular flexibility index (Phi) is 2.67. The first-order chi connectivity index (χ1) is 6.77. The van der Waals surface area contributed by atoms with E-state index >= 15 is 0 Å². The number of nitrogens with one attached hydrogen (secondary N) is 1. The average Bonchev–Trinajstić information content (AvgIpc) is 2.68. The van der Waals surface area contributed by atoms with Crippen LogP contribution in [0.1, 0.15) is 12.8 Å². The van der Waals surface area contributed by atoms with Gasteiger partial charge in [0.1, 0.15) is 11.9 Å². The summed E-state index contributed by atoms with van der Waals surface area (Å²) < 4.78 is 5.23. The van der Waals surface area contributed by atoms with E-state index in [2.05, 4.69) is 10.3 Å². The van der Waals surface area contributed by atoms with E-state index in [-0.39, 0.29) is 0 Å². The van der Waals surface area contributed by atoms with Gasteiger partial charge in [-0.3, -0.25) is 4.99 Å². The molecule has 0 amide bonds. The van der Waals surface area contributed by atoms with Crippen LogP contribution in [0, 0.1) is 5.92 Å². The summed E-state index contributed by atoms with van der Waals surface area (Å²) in [6, 6.07) is -0.521. The zero-order valence-electron chi connectivity index (χ0n) is 7.90. The number of nitrogens with zero attached hydrogens (tertiary/aromatic N) is 1. The molecule has 0 spiro atoms. The number of hydrogen-bond donors (Lipinski definition) is 2. The topological polar surface area (TPSA) is 70.9 Å². The van der Waals surface area contributed by atoms with Gasteiger partial charge in [0.15, 0.2) is 0 Å². The summed E-state index contributed by atoms with van der Waals surface area (Å²) in [7, 11) is 0. The molecule has 2 rings (SSSR count). The quantitative estimate of drug-likeness (QED) is 0.648. The van der Waals surface area contributed by atoms with E-state index in [4.69, 9.17) is 9.84 Å². The minimum atomic E-state index is -0.823. The Hall–Kier alpha value is -1.10. The van der Waals surface area contributed by atoms with Crippen molar-refractivity contribution in [3.05, 3.63) is 0 Å². The van der Waals surface area contributed by atoms with Crippen molar-refractivity contribution >= 4 is 11.8 Å². The number of aliphatic carboxylic acids is 1. The molecule has 0 aromatic rings. The normalized spacial score (nSPS) is 28.3. The van der Waals surface area contributed by atoms with E-state index in [1.165, 1.54) is 0 Å². The molecule has 2 aliphatic rings. The summed E-state index contributed by atoms with van der Waals surface area (Å²) in [5, 5.41) is 11.7. The molecule has 0 aliphatic carbocycles. The molecular weight excluding hydrogens is 184 g/mol. The number of aliphatic imine (C=N–C) groups is 1. The third-order valence-electron chi connectivity index (χ3n) is 2.67. The van der Waals surface area contributed by atoms with E-state index in [1.54, 1.807) is 0 Å². The Morgan fingerprint density at radius 3 is 2.79 bits per heavy atom. The molecule has 1 saturated heterocycles. The zero-order valence-corrected chi connectivity index (χ0v) is 7.90. The number of hydrogen-bond acceptors (Lipinski definition) is 4. The molecule has 2 N–H and O–H groups in total. The number of amidine groups is 1. The van der Waals surface area contributed by atoms with E-state index in [1.807, 2.05) is 0 Å². The average molecular weight is 198 g/mol. The Balaban J connectivity index is 1.90. The van der Waals surface area contributed by atoms with Crippen molar-refractivity contribution in [2.24, 2.45) is 10.9 Å². The van der Waals surface area contributed by atoms with E-state index < -0.39 is 12.0 Å². The van der Waals surface area contributed by atoms with Crippen LogP contribution in [-0.2, 0) is 9.53 Å². The fraction of sp³-hybridized carbons (Fsp3) is 0.778. The monoisotopic (exact) mass is 198 g/mol. The van der Waals surface area contributed by atoms with E-state index in [0.717, 1.165) is 31.9 Å². The predicted molar refractivity (Wildman–Crippen MR) is 50.4 cm³/mol. The second-order valence-electron chi connectivity index (χ2n) is 3.65. The van der Waals surface area contributed by atoms with Gasteiger partial charge in [-0.2, -0.15) is 0 Å². The fourth-order valence-electron chi connectivity index (χ4n) is 1.82. The molecule has 0 aromatic carbocycles. The molecule has 5 nitrogen and oxygen atoms in total. The van der Waals surface area contributed by atoms with Crippen LogP contribution < -0.4 is 5.32 Å². The maximum atomic E-state index is 10.7. The largest absolute Gasteiger partial charge is 0.480 e. The number of carboxylic acids is 1. The summed E-state index contributed by atoms with van der Waals surface area (Å²) in [5.41, 5.74) is 0. The summed E-state index contributed by atoms with van der Waals surface area (Å²) >= 11 is 0. The van der Waals surface area contributed by atoms with Gasteiger partial charge in [0.05, 0.1) is 6.54 Å². The zero-order chi connectivity index (χ0) is 9.97. The van der Waals surface area contributed by atoms with E-state index in [9.17, 15) is 4.79 Å². The Labute approximate surface area is 82.2 Å². The van der Waals surface area contributed by atoms with Gasteiger partial charge in [-0.05, 0) is 12.8 Å². The number of carboxylic acid groups (broad SMARTS) is 1. The first-order valence-corrected chi connectivity index (χ1v) is 4.89. The van der Waals surface area contributed by atoms with Gasteiger partial charge in [0.2, 0.25) is 0 Å². The maximum Gasteiger partial charge on any atom is 0.328 e. The molecular formula is C9H14N2O3. The van der Waals surface area contributed by atoms with Crippen LogP contribution in [0.15, 0.2) is 4.99 Å². The van der Waals surface area contributed by atoms with Gasteiger partial charge >= 0.3 is 5.97 Å². The first kappa shape index (κ1) is 9.45. The van der Waals surface area contributed by atoms with Gasteiger partial charge in [-0.25, -0.2) is 4.79 Å². The van der Waals surface area contributed by atoms with Gasteiger partial charge in [0, 0.05) is 19.1 Å². The summed E-state index contributed by atoms with van der Waals surface area (Å²) in [6.45, 7) is 1.87. The second-order valence-corrected chi connectivity index (χ2v) is 3.65. The highest BCUT2D eigenvalue weighted by Crippen LogP contribution is 2.17. The lowest BCUT2D eigenvalue weighted by atomic mass is 9.99. The molecule has 5 heteroatoms. The second kappa shape index (κ2) is 3.96. The van der Waals surface area contributed by atoms with Crippen molar-refractivity contribution in [3.8, 4) is 0 Å². The van der Waals surface area contributed by atoms with Crippen LogP contribution >= 0.6 is 0 Å². The predicted octanol–water partition coefficient (Wildman–Crippen LogP) is -0.132. The molecule has 1 unspecified atom stereocenters. The lowest BCUT2D eigenvalue weighted by Crippen LogP contribution is -2.40.